The molecule has 0 aliphatic carbocycles. The van der Waals surface area contributed by atoms with E-state index >= 15 is 0 Å². The minimum atomic E-state index is -1.80. The predicted octanol–water partition coefficient (Wildman–Crippen LogP) is 2.11. The Morgan fingerprint density at radius 1 is 0.903 bits per heavy atom. The molecule has 0 bridgehead atoms. The average Bonchev–Trinajstić information content (AvgIpc) is 2.76. The summed E-state index contributed by atoms with van der Waals surface area (Å²) in [5.74, 6) is -2.35. The molecule has 0 unspecified atom stereocenters. The Morgan fingerprint density at radius 2 is 1.45 bits per heavy atom. The summed E-state index contributed by atoms with van der Waals surface area (Å²) in [4.78, 5) is 36.4. The van der Waals surface area contributed by atoms with Gasteiger partial charge in [-0.3, -0.25) is 4.79 Å². The van der Waals surface area contributed by atoms with Crippen LogP contribution in [0.5, 0.6) is 0 Å². The van der Waals surface area contributed by atoms with Gasteiger partial charge in [-0.2, -0.15) is 0 Å². The number of rotatable bonds is 10. The molecular weight excluding hydrogens is 400 g/mol. The predicted molar refractivity (Wildman–Crippen MR) is 114 cm³/mol. The Kier molecular flexibility index (Phi) is 9.02. The third kappa shape index (κ3) is 7.75. The SMILES string of the molecule is CC(C)[C@H](NC(=O)OCc1ccccc1)C(=O)N[C@@H](Cc1ccccc1)[C@H](O)C(=O)O. The fourth-order valence-corrected chi connectivity index (χ4v) is 2.98. The number of amides is 2. The quantitative estimate of drug-likeness (QED) is 0.459. The summed E-state index contributed by atoms with van der Waals surface area (Å²) in [6.45, 7) is 3.52. The summed E-state index contributed by atoms with van der Waals surface area (Å²) in [5, 5.41) is 24.4. The van der Waals surface area contributed by atoms with Crippen molar-refractivity contribution >= 4 is 18.0 Å². The molecular formula is C23H28N2O6. The van der Waals surface area contributed by atoms with Crippen LogP contribution in [-0.2, 0) is 27.4 Å². The summed E-state index contributed by atoms with van der Waals surface area (Å²) in [6, 6.07) is 16.0. The molecule has 0 spiro atoms. The fraction of sp³-hybridized carbons (Fsp3) is 0.348. The standard InChI is InChI=1S/C23H28N2O6/c1-15(2)19(25-23(30)31-14-17-11-7-4-8-12-17)21(27)24-18(20(26)22(28)29)13-16-9-5-3-6-10-16/h3-12,15,18-20,26H,13-14H2,1-2H3,(H,24,27)(H,25,30)(H,28,29)/t18-,19-,20-/m0/s1. The Hall–Kier alpha value is -3.39. The first-order chi connectivity index (χ1) is 14.8. The number of carbonyl (C=O) groups is 3. The Morgan fingerprint density at radius 3 is 1.97 bits per heavy atom. The molecule has 166 valence electrons. The molecule has 2 amide bonds. The van der Waals surface area contributed by atoms with Crippen molar-refractivity contribution in [1.82, 2.24) is 10.6 Å². The number of aliphatic carboxylic acids is 1. The first-order valence-electron chi connectivity index (χ1n) is 10.00. The maximum Gasteiger partial charge on any atom is 0.408 e. The van der Waals surface area contributed by atoms with Crippen molar-refractivity contribution < 1.29 is 29.3 Å². The molecule has 0 fully saturated rings. The van der Waals surface area contributed by atoms with E-state index in [2.05, 4.69) is 10.6 Å². The number of hydrogen-bond acceptors (Lipinski definition) is 5. The highest BCUT2D eigenvalue weighted by molar-refractivity contribution is 5.86. The molecule has 0 radical (unpaired) electrons. The minimum Gasteiger partial charge on any atom is -0.479 e. The van der Waals surface area contributed by atoms with Gasteiger partial charge in [0.2, 0.25) is 5.91 Å². The van der Waals surface area contributed by atoms with Crippen LogP contribution < -0.4 is 10.6 Å². The Bertz CT molecular complexity index is 857. The van der Waals surface area contributed by atoms with Crippen LogP contribution >= 0.6 is 0 Å². The highest BCUT2D eigenvalue weighted by Gasteiger charge is 2.32. The molecule has 2 rings (SSSR count). The van der Waals surface area contributed by atoms with E-state index in [1.165, 1.54) is 0 Å². The maximum atomic E-state index is 12.8. The number of ether oxygens (including phenoxy) is 1. The van der Waals surface area contributed by atoms with Crippen LogP contribution in [0.3, 0.4) is 0 Å². The molecule has 8 heteroatoms. The number of aliphatic hydroxyl groups excluding tert-OH is 1. The van der Waals surface area contributed by atoms with Gasteiger partial charge in [0.1, 0.15) is 12.6 Å². The number of carbonyl (C=O) groups excluding carboxylic acids is 2. The largest absolute Gasteiger partial charge is 0.479 e. The topological polar surface area (TPSA) is 125 Å². The lowest BCUT2D eigenvalue weighted by Gasteiger charge is -2.27. The Labute approximate surface area is 181 Å². The molecule has 0 aromatic heterocycles. The molecule has 0 saturated carbocycles. The molecule has 2 aromatic carbocycles. The maximum absolute atomic E-state index is 12.8. The van der Waals surface area contributed by atoms with Gasteiger partial charge in [0.05, 0.1) is 6.04 Å². The number of aliphatic hydroxyl groups is 1. The van der Waals surface area contributed by atoms with Crippen LogP contribution in [0.1, 0.15) is 25.0 Å². The van der Waals surface area contributed by atoms with Gasteiger partial charge in [0.15, 0.2) is 6.10 Å². The van der Waals surface area contributed by atoms with Crippen molar-refractivity contribution in [2.24, 2.45) is 5.92 Å². The lowest BCUT2D eigenvalue weighted by atomic mass is 9.98. The Balaban J connectivity index is 2.03. The zero-order valence-corrected chi connectivity index (χ0v) is 17.5. The zero-order chi connectivity index (χ0) is 22.8. The third-order valence-electron chi connectivity index (χ3n) is 4.70. The van der Waals surface area contributed by atoms with Crippen LogP contribution in [0, 0.1) is 5.92 Å². The third-order valence-corrected chi connectivity index (χ3v) is 4.70. The molecule has 8 nitrogen and oxygen atoms in total. The second kappa shape index (κ2) is 11.7. The van der Waals surface area contributed by atoms with Gasteiger partial charge in [0.25, 0.3) is 0 Å². The van der Waals surface area contributed by atoms with Crippen molar-refractivity contribution in [2.75, 3.05) is 0 Å². The van der Waals surface area contributed by atoms with Gasteiger partial charge >= 0.3 is 12.1 Å². The summed E-state index contributed by atoms with van der Waals surface area (Å²) in [6.07, 6.45) is -2.46. The number of benzene rings is 2. The number of carboxylic acids is 1. The lowest BCUT2D eigenvalue weighted by molar-refractivity contribution is -0.148. The summed E-state index contributed by atoms with van der Waals surface area (Å²) < 4.78 is 5.17. The van der Waals surface area contributed by atoms with Crippen molar-refractivity contribution in [1.29, 1.82) is 0 Å². The molecule has 0 aliphatic heterocycles. The van der Waals surface area contributed by atoms with Gasteiger partial charge in [-0.25, -0.2) is 9.59 Å². The van der Waals surface area contributed by atoms with Crippen LogP contribution in [0.25, 0.3) is 0 Å². The monoisotopic (exact) mass is 428 g/mol. The summed E-state index contributed by atoms with van der Waals surface area (Å²) in [5.41, 5.74) is 1.56. The van der Waals surface area contributed by atoms with Gasteiger partial charge in [-0.1, -0.05) is 74.5 Å². The van der Waals surface area contributed by atoms with Gasteiger partial charge in [0, 0.05) is 0 Å². The van der Waals surface area contributed by atoms with E-state index in [4.69, 9.17) is 4.74 Å². The fourth-order valence-electron chi connectivity index (χ4n) is 2.98. The molecule has 0 heterocycles. The smallest absolute Gasteiger partial charge is 0.408 e. The number of hydrogen-bond donors (Lipinski definition) is 4. The van der Waals surface area contributed by atoms with E-state index in [1.807, 2.05) is 24.3 Å². The van der Waals surface area contributed by atoms with Crippen molar-refractivity contribution in [3.05, 3.63) is 71.8 Å². The molecule has 4 N–H and O–H groups in total. The van der Waals surface area contributed by atoms with Crippen molar-refractivity contribution in [2.45, 2.75) is 45.1 Å². The molecule has 3 atom stereocenters. The first kappa shape index (κ1) is 23.9. The van der Waals surface area contributed by atoms with E-state index < -0.39 is 36.2 Å². The van der Waals surface area contributed by atoms with Crippen LogP contribution in [0.2, 0.25) is 0 Å². The number of nitrogens with one attached hydrogen (secondary N) is 2. The lowest BCUT2D eigenvalue weighted by Crippen LogP contribution is -2.56. The van der Waals surface area contributed by atoms with E-state index in [-0.39, 0.29) is 18.9 Å². The number of carboxylic acid groups (broad SMARTS) is 1. The van der Waals surface area contributed by atoms with E-state index in [1.54, 1.807) is 50.2 Å². The van der Waals surface area contributed by atoms with Gasteiger partial charge in [-0.15, -0.1) is 0 Å². The van der Waals surface area contributed by atoms with Crippen LogP contribution in [0.15, 0.2) is 60.7 Å². The zero-order valence-electron chi connectivity index (χ0n) is 17.5. The molecule has 31 heavy (non-hydrogen) atoms. The highest BCUT2D eigenvalue weighted by Crippen LogP contribution is 2.10. The van der Waals surface area contributed by atoms with E-state index in [0.717, 1.165) is 11.1 Å². The highest BCUT2D eigenvalue weighted by atomic mass is 16.5. The van der Waals surface area contributed by atoms with E-state index in [0.29, 0.717) is 0 Å². The summed E-state index contributed by atoms with van der Waals surface area (Å²) >= 11 is 0. The second-order valence-corrected chi connectivity index (χ2v) is 7.52. The van der Waals surface area contributed by atoms with Gasteiger partial charge < -0.3 is 25.6 Å². The summed E-state index contributed by atoms with van der Waals surface area (Å²) in [7, 11) is 0. The first-order valence-corrected chi connectivity index (χ1v) is 10.00. The normalized spacial score (nSPS) is 13.7. The van der Waals surface area contributed by atoms with Gasteiger partial charge in [-0.05, 0) is 23.5 Å². The number of alkyl carbamates (subject to hydrolysis) is 1. The molecule has 0 aliphatic rings. The van der Waals surface area contributed by atoms with Crippen molar-refractivity contribution in [3.63, 3.8) is 0 Å². The molecule has 2 aromatic rings. The van der Waals surface area contributed by atoms with E-state index in [9.17, 15) is 24.6 Å². The second-order valence-electron chi connectivity index (χ2n) is 7.52. The molecule has 0 saturated heterocycles. The van der Waals surface area contributed by atoms with Crippen molar-refractivity contribution in [3.8, 4) is 0 Å². The minimum absolute atomic E-state index is 0.0491. The van der Waals surface area contributed by atoms with Crippen LogP contribution in [0.4, 0.5) is 4.79 Å². The van der Waals surface area contributed by atoms with Crippen LogP contribution in [-0.4, -0.2) is 46.4 Å². The average molecular weight is 428 g/mol.